The number of pyridine rings is 1. The third kappa shape index (κ3) is 1.80. The maximum absolute atomic E-state index is 13.0. The molecule has 0 fully saturated rings. The highest BCUT2D eigenvalue weighted by molar-refractivity contribution is 5.95. The second-order valence-corrected chi connectivity index (χ2v) is 3.66. The molecule has 0 aliphatic rings. The Balaban J connectivity index is 2.95. The fraction of sp³-hybridized carbons (Fsp3) is 0.167. The lowest BCUT2D eigenvalue weighted by Crippen LogP contribution is -2.20. The SMILES string of the molecule is CCc1c(C(=O)O)c(=O)[nH]c2cc(F)ccc12. The van der Waals surface area contributed by atoms with Crippen molar-refractivity contribution in [2.24, 2.45) is 0 Å². The first-order valence-corrected chi connectivity index (χ1v) is 5.12. The van der Waals surface area contributed by atoms with Gasteiger partial charge in [0.2, 0.25) is 0 Å². The Labute approximate surface area is 95.7 Å². The van der Waals surface area contributed by atoms with E-state index < -0.39 is 17.3 Å². The van der Waals surface area contributed by atoms with E-state index in [1.54, 1.807) is 6.92 Å². The summed E-state index contributed by atoms with van der Waals surface area (Å²) in [6.45, 7) is 1.75. The summed E-state index contributed by atoms with van der Waals surface area (Å²) in [5.74, 6) is -1.74. The summed E-state index contributed by atoms with van der Waals surface area (Å²) in [5, 5.41) is 9.56. The lowest BCUT2D eigenvalue weighted by atomic mass is 10.0. The first kappa shape index (κ1) is 11.3. The fourth-order valence-electron chi connectivity index (χ4n) is 1.93. The van der Waals surface area contributed by atoms with Crippen LogP contribution in [0, 0.1) is 5.82 Å². The van der Waals surface area contributed by atoms with Gasteiger partial charge in [-0.1, -0.05) is 6.92 Å². The van der Waals surface area contributed by atoms with Gasteiger partial charge in [-0.15, -0.1) is 0 Å². The third-order valence-electron chi connectivity index (χ3n) is 2.65. The third-order valence-corrected chi connectivity index (χ3v) is 2.65. The number of nitrogens with one attached hydrogen (secondary N) is 1. The molecule has 0 saturated heterocycles. The van der Waals surface area contributed by atoms with Crippen molar-refractivity contribution in [3.63, 3.8) is 0 Å². The molecule has 0 saturated carbocycles. The zero-order chi connectivity index (χ0) is 12.6. The topological polar surface area (TPSA) is 70.2 Å². The Morgan fingerprint density at radius 3 is 2.76 bits per heavy atom. The van der Waals surface area contributed by atoms with Crippen LogP contribution < -0.4 is 5.56 Å². The van der Waals surface area contributed by atoms with Gasteiger partial charge in [0.15, 0.2) is 0 Å². The van der Waals surface area contributed by atoms with Crippen LogP contribution >= 0.6 is 0 Å². The highest BCUT2D eigenvalue weighted by Gasteiger charge is 2.17. The van der Waals surface area contributed by atoms with Gasteiger partial charge in [0, 0.05) is 5.39 Å². The molecule has 4 nitrogen and oxygen atoms in total. The van der Waals surface area contributed by atoms with Crippen molar-refractivity contribution in [3.8, 4) is 0 Å². The van der Waals surface area contributed by atoms with E-state index in [2.05, 4.69) is 4.98 Å². The molecule has 0 amide bonds. The Hall–Kier alpha value is -2.17. The van der Waals surface area contributed by atoms with Gasteiger partial charge in [0.05, 0.1) is 5.52 Å². The number of hydrogen-bond acceptors (Lipinski definition) is 2. The Kier molecular flexibility index (Phi) is 2.67. The molecular weight excluding hydrogens is 225 g/mol. The fourth-order valence-corrected chi connectivity index (χ4v) is 1.93. The van der Waals surface area contributed by atoms with Crippen molar-refractivity contribution in [2.75, 3.05) is 0 Å². The van der Waals surface area contributed by atoms with E-state index in [4.69, 9.17) is 5.11 Å². The van der Waals surface area contributed by atoms with Gasteiger partial charge in [0.25, 0.3) is 5.56 Å². The summed E-state index contributed by atoms with van der Waals surface area (Å²) in [4.78, 5) is 25.0. The maximum atomic E-state index is 13.0. The van der Waals surface area contributed by atoms with Crippen molar-refractivity contribution < 1.29 is 14.3 Å². The molecule has 1 aromatic carbocycles. The molecule has 88 valence electrons. The van der Waals surface area contributed by atoms with E-state index in [-0.39, 0.29) is 5.56 Å². The summed E-state index contributed by atoms with van der Waals surface area (Å²) < 4.78 is 13.0. The van der Waals surface area contributed by atoms with Crippen LogP contribution in [0.3, 0.4) is 0 Å². The number of carboxylic acids is 1. The van der Waals surface area contributed by atoms with E-state index in [0.29, 0.717) is 22.9 Å². The summed E-state index contributed by atoms with van der Waals surface area (Å²) in [6.07, 6.45) is 0.397. The van der Waals surface area contributed by atoms with Gasteiger partial charge in [-0.3, -0.25) is 4.79 Å². The minimum absolute atomic E-state index is 0.272. The molecule has 2 aromatic rings. The van der Waals surface area contributed by atoms with Gasteiger partial charge in [-0.25, -0.2) is 9.18 Å². The summed E-state index contributed by atoms with van der Waals surface area (Å²) in [7, 11) is 0. The van der Waals surface area contributed by atoms with Crippen molar-refractivity contribution in [1.29, 1.82) is 0 Å². The number of halogens is 1. The number of aromatic carboxylic acids is 1. The van der Waals surface area contributed by atoms with E-state index in [0.717, 1.165) is 0 Å². The molecule has 2 rings (SSSR count). The van der Waals surface area contributed by atoms with Crippen LogP contribution in [0.1, 0.15) is 22.8 Å². The highest BCUT2D eigenvalue weighted by atomic mass is 19.1. The standard InChI is InChI=1S/C12H10FNO3/c1-2-7-8-4-3-6(13)5-9(8)14-11(15)10(7)12(16)17/h3-5H,2H2,1H3,(H,14,15)(H,16,17). The number of carbonyl (C=O) groups is 1. The van der Waals surface area contributed by atoms with Crippen LogP contribution in [0.15, 0.2) is 23.0 Å². The molecule has 17 heavy (non-hydrogen) atoms. The van der Waals surface area contributed by atoms with Gasteiger partial charge in [-0.2, -0.15) is 0 Å². The molecule has 0 atom stereocenters. The van der Waals surface area contributed by atoms with Crippen LogP contribution in [0.5, 0.6) is 0 Å². The van der Waals surface area contributed by atoms with Crippen molar-refractivity contribution >= 4 is 16.9 Å². The minimum atomic E-state index is -1.27. The van der Waals surface area contributed by atoms with E-state index in [1.807, 2.05) is 0 Å². The Morgan fingerprint density at radius 1 is 1.47 bits per heavy atom. The Morgan fingerprint density at radius 2 is 2.18 bits per heavy atom. The lowest BCUT2D eigenvalue weighted by Gasteiger charge is -2.07. The molecule has 1 aromatic heterocycles. The van der Waals surface area contributed by atoms with Crippen molar-refractivity contribution in [3.05, 3.63) is 45.5 Å². The van der Waals surface area contributed by atoms with Crippen molar-refractivity contribution in [2.45, 2.75) is 13.3 Å². The summed E-state index contributed by atoms with van der Waals surface area (Å²) >= 11 is 0. The quantitative estimate of drug-likeness (QED) is 0.835. The summed E-state index contributed by atoms with van der Waals surface area (Å²) in [5.41, 5.74) is -0.229. The monoisotopic (exact) mass is 235 g/mol. The number of benzene rings is 1. The molecule has 0 unspecified atom stereocenters. The van der Waals surface area contributed by atoms with E-state index >= 15 is 0 Å². The van der Waals surface area contributed by atoms with Gasteiger partial charge in [-0.05, 0) is 30.2 Å². The molecule has 2 N–H and O–H groups in total. The number of rotatable bonds is 2. The zero-order valence-corrected chi connectivity index (χ0v) is 9.08. The van der Waals surface area contributed by atoms with Crippen LogP contribution in [0.25, 0.3) is 10.9 Å². The largest absolute Gasteiger partial charge is 0.477 e. The van der Waals surface area contributed by atoms with Gasteiger partial charge >= 0.3 is 5.97 Å². The normalized spacial score (nSPS) is 10.7. The van der Waals surface area contributed by atoms with Crippen LogP contribution in [-0.4, -0.2) is 16.1 Å². The number of fused-ring (bicyclic) bond motifs is 1. The maximum Gasteiger partial charge on any atom is 0.341 e. The molecule has 0 radical (unpaired) electrons. The molecule has 0 aliphatic carbocycles. The second-order valence-electron chi connectivity index (χ2n) is 3.66. The molecule has 0 aliphatic heterocycles. The predicted molar refractivity (Wildman–Crippen MR) is 60.9 cm³/mol. The number of aromatic nitrogens is 1. The minimum Gasteiger partial charge on any atom is -0.477 e. The number of H-pyrrole nitrogens is 1. The zero-order valence-electron chi connectivity index (χ0n) is 9.08. The van der Waals surface area contributed by atoms with E-state index in [9.17, 15) is 14.0 Å². The predicted octanol–water partition coefficient (Wildman–Crippen LogP) is 1.93. The van der Waals surface area contributed by atoms with Crippen LogP contribution in [0.4, 0.5) is 4.39 Å². The van der Waals surface area contributed by atoms with E-state index in [1.165, 1.54) is 18.2 Å². The Bertz CT molecular complexity index is 661. The molecule has 0 spiro atoms. The first-order chi connectivity index (χ1) is 8.04. The smallest absolute Gasteiger partial charge is 0.341 e. The highest BCUT2D eigenvalue weighted by Crippen LogP contribution is 2.19. The van der Waals surface area contributed by atoms with Gasteiger partial charge < -0.3 is 10.1 Å². The number of aromatic amines is 1. The van der Waals surface area contributed by atoms with Crippen LogP contribution in [-0.2, 0) is 6.42 Å². The molecule has 1 heterocycles. The van der Waals surface area contributed by atoms with Crippen LogP contribution in [0.2, 0.25) is 0 Å². The average molecular weight is 235 g/mol. The van der Waals surface area contributed by atoms with Gasteiger partial charge in [0.1, 0.15) is 11.4 Å². The number of hydrogen-bond donors (Lipinski definition) is 2. The summed E-state index contributed by atoms with van der Waals surface area (Å²) in [6, 6.07) is 3.90. The second kappa shape index (κ2) is 4.01. The molecule has 0 bridgehead atoms. The number of aryl methyl sites for hydroxylation is 1. The average Bonchev–Trinajstić information content (AvgIpc) is 2.26. The number of carboxylic acid groups (broad SMARTS) is 1. The first-order valence-electron chi connectivity index (χ1n) is 5.12. The lowest BCUT2D eigenvalue weighted by molar-refractivity contribution is 0.0694. The van der Waals surface area contributed by atoms with Crippen molar-refractivity contribution in [1.82, 2.24) is 4.98 Å². The molecular formula is C12H10FNO3. The molecule has 5 heteroatoms.